The lowest BCUT2D eigenvalue weighted by Gasteiger charge is -2.46. The fourth-order valence-corrected chi connectivity index (χ4v) is 4.87. The molecule has 0 aromatic heterocycles. The Morgan fingerprint density at radius 2 is 1.81 bits per heavy atom. The lowest BCUT2D eigenvalue weighted by molar-refractivity contribution is -0.137. The number of sulfonamides is 1. The first kappa shape index (κ1) is 19.2. The van der Waals surface area contributed by atoms with Crippen LogP contribution in [0.1, 0.15) is 24.8 Å². The topological polar surface area (TPSA) is 57.7 Å². The highest BCUT2D eigenvalue weighted by molar-refractivity contribution is 7.88. The third-order valence-corrected chi connectivity index (χ3v) is 6.49. The number of hydrogen-bond donors (Lipinski definition) is 0. The molecule has 5 nitrogen and oxygen atoms in total. The average Bonchev–Trinajstić information content (AvgIpc) is 2.57. The molecule has 9 heteroatoms. The third kappa shape index (κ3) is 3.88. The van der Waals surface area contributed by atoms with E-state index in [1.165, 1.54) is 10.6 Å². The fraction of sp³-hybridized carbons (Fsp3) is 0.588. The Kier molecular flexibility index (Phi) is 5.30. The molecule has 3 rings (SSSR count). The fourth-order valence-electron chi connectivity index (χ4n) is 3.97. The van der Waals surface area contributed by atoms with E-state index in [2.05, 4.69) is 0 Å². The summed E-state index contributed by atoms with van der Waals surface area (Å²) in [4.78, 5) is 14.4. The summed E-state index contributed by atoms with van der Waals surface area (Å²) in [6.07, 6.45) is 3.08. The number of hydrogen-bond acceptors (Lipinski definition) is 3. The SMILES string of the molecule is CS(=O)(=O)N1CC[C@@H]2[C@@H](CCCN2C(=O)Cc2cc(F)c(F)c(F)c2)C1. The molecule has 26 heavy (non-hydrogen) atoms. The summed E-state index contributed by atoms with van der Waals surface area (Å²) in [6.45, 7) is 1.27. The zero-order valence-electron chi connectivity index (χ0n) is 14.4. The van der Waals surface area contributed by atoms with Gasteiger partial charge in [0.1, 0.15) is 0 Å². The van der Waals surface area contributed by atoms with Gasteiger partial charge in [0.2, 0.25) is 15.9 Å². The van der Waals surface area contributed by atoms with E-state index in [4.69, 9.17) is 0 Å². The number of piperidine rings is 2. The van der Waals surface area contributed by atoms with E-state index in [0.717, 1.165) is 25.0 Å². The van der Waals surface area contributed by atoms with Gasteiger partial charge >= 0.3 is 0 Å². The van der Waals surface area contributed by atoms with E-state index in [9.17, 15) is 26.4 Å². The van der Waals surface area contributed by atoms with Crippen molar-refractivity contribution in [2.75, 3.05) is 25.9 Å². The molecule has 0 N–H and O–H groups in total. The maximum Gasteiger partial charge on any atom is 0.227 e. The van der Waals surface area contributed by atoms with Crippen LogP contribution in [-0.2, 0) is 21.2 Å². The van der Waals surface area contributed by atoms with Crippen molar-refractivity contribution >= 4 is 15.9 Å². The molecule has 2 aliphatic rings. The van der Waals surface area contributed by atoms with Crippen LogP contribution in [0.3, 0.4) is 0 Å². The van der Waals surface area contributed by atoms with Gasteiger partial charge in [-0.3, -0.25) is 4.79 Å². The van der Waals surface area contributed by atoms with Gasteiger partial charge in [0.15, 0.2) is 17.5 Å². The van der Waals surface area contributed by atoms with Crippen LogP contribution in [0.4, 0.5) is 13.2 Å². The number of halogens is 3. The molecular formula is C17H21F3N2O3S. The largest absolute Gasteiger partial charge is 0.339 e. The molecule has 0 unspecified atom stereocenters. The summed E-state index contributed by atoms with van der Waals surface area (Å²) in [5, 5.41) is 0. The van der Waals surface area contributed by atoms with E-state index in [1.807, 2.05) is 0 Å². The van der Waals surface area contributed by atoms with Gasteiger partial charge in [-0.1, -0.05) is 0 Å². The second kappa shape index (κ2) is 7.19. The number of fused-ring (bicyclic) bond motifs is 1. The molecule has 144 valence electrons. The van der Waals surface area contributed by atoms with Crippen LogP contribution < -0.4 is 0 Å². The van der Waals surface area contributed by atoms with Crippen molar-refractivity contribution in [1.82, 2.24) is 9.21 Å². The molecule has 0 spiro atoms. The summed E-state index contributed by atoms with van der Waals surface area (Å²) in [5.74, 6) is -4.40. The lowest BCUT2D eigenvalue weighted by Crippen LogP contribution is -2.56. The number of nitrogens with zero attached hydrogens (tertiary/aromatic N) is 2. The second-order valence-corrected chi connectivity index (χ2v) is 9.00. The Labute approximate surface area is 150 Å². The van der Waals surface area contributed by atoms with Gasteiger partial charge < -0.3 is 4.90 Å². The smallest absolute Gasteiger partial charge is 0.227 e. The molecule has 0 bridgehead atoms. The van der Waals surface area contributed by atoms with Crippen LogP contribution >= 0.6 is 0 Å². The van der Waals surface area contributed by atoms with Crippen LogP contribution in [-0.4, -0.2) is 55.5 Å². The van der Waals surface area contributed by atoms with Crippen LogP contribution in [0.15, 0.2) is 12.1 Å². The van der Waals surface area contributed by atoms with Crippen molar-refractivity contribution in [3.05, 3.63) is 35.1 Å². The van der Waals surface area contributed by atoms with Crippen molar-refractivity contribution in [2.45, 2.75) is 31.7 Å². The van der Waals surface area contributed by atoms with Gasteiger partial charge in [0.05, 0.1) is 12.7 Å². The standard InChI is InChI=1S/C17H21F3N2O3S/c1-26(24,25)21-6-4-15-12(10-21)3-2-5-22(15)16(23)9-11-7-13(18)17(20)14(19)8-11/h7-8,12,15H,2-6,9-10H2,1H3/t12-,15+/m0/s1. The van der Waals surface area contributed by atoms with Crippen LogP contribution in [0.25, 0.3) is 0 Å². The van der Waals surface area contributed by atoms with Crippen molar-refractivity contribution < 1.29 is 26.4 Å². The first-order valence-electron chi connectivity index (χ1n) is 8.55. The molecule has 0 aliphatic carbocycles. The second-order valence-electron chi connectivity index (χ2n) is 7.02. The molecule has 2 heterocycles. The Morgan fingerprint density at radius 3 is 2.42 bits per heavy atom. The highest BCUT2D eigenvalue weighted by Crippen LogP contribution is 2.32. The number of likely N-dealkylation sites (tertiary alicyclic amines) is 1. The molecule has 2 saturated heterocycles. The maximum atomic E-state index is 13.4. The monoisotopic (exact) mass is 390 g/mol. The number of amides is 1. The van der Waals surface area contributed by atoms with E-state index in [-0.39, 0.29) is 29.9 Å². The molecule has 2 aliphatic heterocycles. The van der Waals surface area contributed by atoms with Crippen molar-refractivity contribution in [3.63, 3.8) is 0 Å². The number of benzene rings is 1. The van der Waals surface area contributed by atoms with Crippen molar-refractivity contribution in [1.29, 1.82) is 0 Å². The minimum atomic E-state index is -3.27. The molecule has 0 radical (unpaired) electrons. The summed E-state index contributed by atoms with van der Waals surface area (Å²) >= 11 is 0. The summed E-state index contributed by atoms with van der Waals surface area (Å²) in [7, 11) is -3.27. The van der Waals surface area contributed by atoms with Gasteiger partial charge in [-0.15, -0.1) is 0 Å². The summed E-state index contributed by atoms with van der Waals surface area (Å²) in [5.41, 5.74) is 0.0853. The Morgan fingerprint density at radius 1 is 1.15 bits per heavy atom. The van der Waals surface area contributed by atoms with Crippen LogP contribution in [0.2, 0.25) is 0 Å². The predicted octanol–water partition coefficient (Wildman–Crippen LogP) is 1.92. The highest BCUT2D eigenvalue weighted by Gasteiger charge is 2.40. The summed E-state index contributed by atoms with van der Waals surface area (Å²) in [6, 6.07) is 1.60. The van der Waals surface area contributed by atoms with E-state index >= 15 is 0 Å². The molecule has 0 saturated carbocycles. The predicted molar refractivity (Wildman–Crippen MR) is 89.3 cm³/mol. The zero-order chi connectivity index (χ0) is 19.1. The molecule has 1 aromatic carbocycles. The first-order valence-corrected chi connectivity index (χ1v) is 10.4. The van der Waals surface area contributed by atoms with Crippen LogP contribution in [0, 0.1) is 23.4 Å². The molecular weight excluding hydrogens is 369 g/mol. The van der Waals surface area contributed by atoms with E-state index in [0.29, 0.717) is 26.1 Å². The van der Waals surface area contributed by atoms with Crippen LogP contribution in [0.5, 0.6) is 0 Å². The molecule has 1 amide bonds. The van der Waals surface area contributed by atoms with Crippen molar-refractivity contribution in [2.24, 2.45) is 5.92 Å². The van der Waals surface area contributed by atoms with Gasteiger partial charge in [-0.25, -0.2) is 25.9 Å². The molecule has 2 fully saturated rings. The highest BCUT2D eigenvalue weighted by atomic mass is 32.2. The van der Waals surface area contributed by atoms with E-state index in [1.54, 1.807) is 4.90 Å². The summed E-state index contributed by atoms with van der Waals surface area (Å²) < 4.78 is 64.7. The Bertz CT molecular complexity index is 792. The third-order valence-electron chi connectivity index (χ3n) is 5.22. The number of carbonyl (C=O) groups excluding carboxylic acids is 1. The Hall–Kier alpha value is -1.61. The van der Waals surface area contributed by atoms with Gasteiger partial charge in [-0.2, -0.15) is 0 Å². The molecule has 2 atom stereocenters. The number of rotatable bonds is 3. The van der Waals surface area contributed by atoms with Gasteiger partial charge in [0.25, 0.3) is 0 Å². The lowest BCUT2D eigenvalue weighted by atomic mass is 9.84. The number of carbonyl (C=O) groups is 1. The molecule has 1 aromatic rings. The van der Waals surface area contributed by atoms with Gasteiger partial charge in [0, 0.05) is 25.7 Å². The first-order chi connectivity index (χ1) is 12.2. The van der Waals surface area contributed by atoms with Crippen molar-refractivity contribution in [3.8, 4) is 0 Å². The quantitative estimate of drug-likeness (QED) is 0.741. The van der Waals surface area contributed by atoms with Gasteiger partial charge in [-0.05, 0) is 42.9 Å². The maximum absolute atomic E-state index is 13.4. The normalized spacial score (nSPS) is 24.4. The average molecular weight is 390 g/mol. The minimum Gasteiger partial charge on any atom is -0.339 e. The van der Waals surface area contributed by atoms with E-state index < -0.39 is 27.5 Å². The minimum absolute atomic E-state index is 0.0536. The zero-order valence-corrected chi connectivity index (χ0v) is 15.2. The Balaban J connectivity index is 1.72.